The Morgan fingerprint density at radius 1 is 1.28 bits per heavy atom. The Labute approximate surface area is 107 Å². The molecular formula is C14H18N2O2. The van der Waals surface area contributed by atoms with Crippen LogP contribution in [0.5, 0.6) is 5.75 Å². The minimum Gasteiger partial charge on any atom is -0.508 e. The summed E-state index contributed by atoms with van der Waals surface area (Å²) >= 11 is 0. The number of piperidine rings is 1. The van der Waals surface area contributed by atoms with Crippen molar-refractivity contribution in [3.8, 4) is 5.75 Å². The van der Waals surface area contributed by atoms with Gasteiger partial charge in [-0.25, -0.2) is 0 Å². The van der Waals surface area contributed by atoms with E-state index in [1.807, 2.05) is 12.1 Å². The zero-order valence-electron chi connectivity index (χ0n) is 10.3. The third kappa shape index (κ3) is 2.34. The number of nitrogens with one attached hydrogen (secondary N) is 1. The average Bonchev–Trinajstić information content (AvgIpc) is 2.90. The number of ether oxygens (including phenoxy) is 1. The Morgan fingerprint density at radius 2 is 2.11 bits per heavy atom. The lowest BCUT2D eigenvalue weighted by molar-refractivity contribution is 0.208. The van der Waals surface area contributed by atoms with E-state index in [2.05, 4.69) is 10.3 Å². The lowest BCUT2D eigenvalue weighted by atomic mass is 10.00. The Balaban J connectivity index is 1.64. The quantitative estimate of drug-likeness (QED) is 0.837. The number of benzene rings is 1. The van der Waals surface area contributed by atoms with Gasteiger partial charge >= 0.3 is 0 Å². The molecule has 96 valence electrons. The number of hydrogen-bond acceptors (Lipinski definition) is 4. The average molecular weight is 246 g/mol. The molecule has 2 aliphatic rings. The molecule has 1 aromatic carbocycles. The second-order valence-corrected chi connectivity index (χ2v) is 4.92. The van der Waals surface area contributed by atoms with Crippen molar-refractivity contribution < 1.29 is 9.84 Å². The molecule has 1 aromatic rings. The smallest absolute Gasteiger partial charge is 0.188 e. The van der Waals surface area contributed by atoms with Gasteiger partial charge in [-0.2, -0.15) is 0 Å². The highest BCUT2D eigenvalue weighted by atomic mass is 16.5. The molecule has 4 heteroatoms. The largest absolute Gasteiger partial charge is 0.508 e. The minimum absolute atomic E-state index is 0.0162. The highest BCUT2D eigenvalue weighted by Gasteiger charge is 2.28. The molecule has 4 nitrogen and oxygen atoms in total. The first-order valence-corrected chi connectivity index (χ1v) is 6.53. The normalized spacial score (nSPS) is 27.7. The number of rotatable bonds is 2. The third-order valence-corrected chi connectivity index (χ3v) is 3.59. The summed E-state index contributed by atoms with van der Waals surface area (Å²) in [6.07, 6.45) is 2.37. The van der Waals surface area contributed by atoms with Gasteiger partial charge in [0, 0.05) is 12.5 Å². The van der Waals surface area contributed by atoms with Crippen molar-refractivity contribution in [1.29, 1.82) is 0 Å². The topological polar surface area (TPSA) is 53.9 Å². The molecule has 1 fully saturated rings. The van der Waals surface area contributed by atoms with Gasteiger partial charge in [-0.05, 0) is 37.1 Å². The predicted molar refractivity (Wildman–Crippen MR) is 69.8 cm³/mol. The van der Waals surface area contributed by atoms with Crippen molar-refractivity contribution >= 4 is 5.90 Å². The van der Waals surface area contributed by atoms with Crippen LogP contribution in [0.3, 0.4) is 0 Å². The number of phenols is 1. The Morgan fingerprint density at radius 3 is 2.83 bits per heavy atom. The lowest BCUT2D eigenvalue weighted by Crippen LogP contribution is -2.34. The van der Waals surface area contributed by atoms with Gasteiger partial charge in [0.2, 0.25) is 0 Å². The molecule has 18 heavy (non-hydrogen) atoms. The van der Waals surface area contributed by atoms with Crippen molar-refractivity contribution in [2.24, 2.45) is 10.9 Å². The molecule has 0 saturated carbocycles. The van der Waals surface area contributed by atoms with Gasteiger partial charge in [-0.3, -0.25) is 4.99 Å². The van der Waals surface area contributed by atoms with Crippen LogP contribution >= 0.6 is 0 Å². The second-order valence-electron chi connectivity index (χ2n) is 4.92. The van der Waals surface area contributed by atoms with E-state index in [-0.39, 0.29) is 11.9 Å². The van der Waals surface area contributed by atoms with Crippen molar-refractivity contribution in [3.05, 3.63) is 29.8 Å². The molecule has 2 N–H and O–H groups in total. The number of hydrogen-bond donors (Lipinski definition) is 2. The molecular weight excluding hydrogens is 228 g/mol. The van der Waals surface area contributed by atoms with E-state index in [0.29, 0.717) is 12.5 Å². The van der Waals surface area contributed by atoms with Gasteiger partial charge in [0.25, 0.3) is 0 Å². The first-order chi connectivity index (χ1) is 8.83. The molecule has 2 atom stereocenters. The van der Waals surface area contributed by atoms with Crippen molar-refractivity contribution in [2.75, 3.05) is 19.6 Å². The second kappa shape index (κ2) is 4.98. The minimum atomic E-state index is 0.0162. The van der Waals surface area contributed by atoms with Gasteiger partial charge in [-0.15, -0.1) is 0 Å². The zero-order chi connectivity index (χ0) is 12.4. The fraction of sp³-hybridized carbons (Fsp3) is 0.500. The summed E-state index contributed by atoms with van der Waals surface area (Å²) in [6.45, 7) is 2.77. The molecule has 0 radical (unpaired) electrons. The molecule has 0 amide bonds. The summed E-state index contributed by atoms with van der Waals surface area (Å²) in [5.74, 6) is 1.62. The number of aliphatic imine (C=N–C) groups is 1. The number of phenolic OH excluding ortho intramolecular Hbond substituents is 1. The van der Waals surface area contributed by atoms with E-state index in [4.69, 9.17) is 4.74 Å². The Bertz CT molecular complexity index is 436. The molecule has 2 unspecified atom stereocenters. The fourth-order valence-corrected chi connectivity index (χ4v) is 2.54. The first-order valence-electron chi connectivity index (χ1n) is 6.53. The molecule has 0 aliphatic carbocycles. The van der Waals surface area contributed by atoms with Crippen molar-refractivity contribution in [1.82, 2.24) is 5.32 Å². The highest BCUT2D eigenvalue weighted by molar-refractivity contribution is 5.80. The van der Waals surface area contributed by atoms with Crippen LogP contribution in [0.15, 0.2) is 29.3 Å². The molecule has 1 saturated heterocycles. The summed E-state index contributed by atoms with van der Waals surface area (Å²) in [4.78, 5) is 4.53. The fourth-order valence-electron chi connectivity index (χ4n) is 2.54. The number of nitrogens with zero attached hydrogens (tertiary/aromatic N) is 1. The summed E-state index contributed by atoms with van der Waals surface area (Å²) in [5.41, 5.74) is 1.08. The first kappa shape index (κ1) is 11.5. The summed E-state index contributed by atoms with van der Waals surface area (Å²) in [7, 11) is 0. The molecule has 0 spiro atoms. The van der Waals surface area contributed by atoms with Gasteiger partial charge < -0.3 is 15.2 Å². The van der Waals surface area contributed by atoms with Crippen LogP contribution < -0.4 is 5.32 Å². The summed E-state index contributed by atoms with van der Waals surface area (Å²) in [5, 5.41) is 12.7. The molecule has 2 aliphatic heterocycles. The van der Waals surface area contributed by atoms with Crippen LogP contribution in [0.2, 0.25) is 0 Å². The molecule has 2 heterocycles. The Hall–Kier alpha value is -1.55. The van der Waals surface area contributed by atoms with Gasteiger partial charge in [0.1, 0.15) is 11.9 Å². The monoisotopic (exact) mass is 246 g/mol. The third-order valence-electron chi connectivity index (χ3n) is 3.59. The summed E-state index contributed by atoms with van der Waals surface area (Å²) in [6, 6.07) is 7.19. The zero-order valence-corrected chi connectivity index (χ0v) is 10.3. The standard InChI is InChI=1S/C14H18N2O2/c17-12-5-3-10(4-6-12)13-9-16-14(18-13)11-2-1-7-15-8-11/h3-6,11,13,15,17H,1-2,7-9H2. The van der Waals surface area contributed by atoms with Crippen molar-refractivity contribution in [2.45, 2.75) is 18.9 Å². The maximum absolute atomic E-state index is 9.28. The maximum Gasteiger partial charge on any atom is 0.188 e. The van der Waals surface area contributed by atoms with E-state index >= 15 is 0 Å². The van der Waals surface area contributed by atoms with Gasteiger partial charge in [0.15, 0.2) is 5.90 Å². The van der Waals surface area contributed by atoms with E-state index < -0.39 is 0 Å². The molecule has 3 rings (SSSR count). The van der Waals surface area contributed by atoms with Crippen LogP contribution in [-0.4, -0.2) is 30.6 Å². The van der Waals surface area contributed by atoms with Crippen LogP contribution in [0, 0.1) is 5.92 Å². The summed E-state index contributed by atoms with van der Waals surface area (Å²) < 4.78 is 5.96. The lowest BCUT2D eigenvalue weighted by Gasteiger charge is -2.23. The number of aromatic hydroxyl groups is 1. The van der Waals surface area contributed by atoms with Crippen LogP contribution in [0.25, 0.3) is 0 Å². The highest BCUT2D eigenvalue weighted by Crippen LogP contribution is 2.28. The SMILES string of the molecule is Oc1ccc(C2CN=C(C3CCCNC3)O2)cc1. The Kier molecular flexibility index (Phi) is 3.19. The molecule has 0 bridgehead atoms. The van der Waals surface area contributed by atoms with Crippen LogP contribution in [0.4, 0.5) is 0 Å². The molecule has 0 aromatic heterocycles. The predicted octanol–water partition coefficient (Wildman–Crippen LogP) is 1.86. The van der Waals surface area contributed by atoms with Gasteiger partial charge in [0.05, 0.1) is 6.54 Å². The van der Waals surface area contributed by atoms with E-state index in [0.717, 1.165) is 31.0 Å². The van der Waals surface area contributed by atoms with Crippen LogP contribution in [-0.2, 0) is 4.74 Å². The van der Waals surface area contributed by atoms with Gasteiger partial charge in [-0.1, -0.05) is 12.1 Å². The van der Waals surface area contributed by atoms with Crippen LogP contribution in [0.1, 0.15) is 24.5 Å². The van der Waals surface area contributed by atoms with Crippen molar-refractivity contribution in [3.63, 3.8) is 0 Å². The maximum atomic E-state index is 9.28. The van der Waals surface area contributed by atoms with E-state index in [1.54, 1.807) is 12.1 Å². The van der Waals surface area contributed by atoms with E-state index in [9.17, 15) is 5.11 Å². The van der Waals surface area contributed by atoms with E-state index in [1.165, 1.54) is 6.42 Å².